The van der Waals surface area contributed by atoms with E-state index in [0.717, 1.165) is 118 Å². The maximum Gasteiger partial charge on any atom is 0.0809 e. The van der Waals surface area contributed by atoms with E-state index in [1.165, 1.54) is 193 Å². The van der Waals surface area contributed by atoms with E-state index in [0.29, 0.717) is 125 Å². The summed E-state index contributed by atoms with van der Waals surface area (Å²) >= 11 is 0. The molecule has 15 rings (SSSR count). The summed E-state index contributed by atoms with van der Waals surface area (Å²) in [7, 11) is 0. The normalized spacial score (nSPS) is 41.0. The summed E-state index contributed by atoms with van der Waals surface area (Å²) in [5.41, 5.74) is 18.9. The Morgan fingerprint density at radius 3 is 0.787 bits per heavy atom. The SMILES string of the molecule is C=C1[C@H](O)CC(=C/C=C2\CCCC3(C)C(CC)CCC23)C[C@H]1O.C=C1[C@H](O)CC(=C/C=C2\CCCC3(C)C2CCC3C(C)C)C[C@H]1O.C=C1[C@H](O)CC(=C/C=C2\CCC[C@@]3(C)C2CCC3[C@@H](C)CCC)C[C@H]1O.C=C1[C@H](O)CC(=C/C=C2\CCC[C@@]3(C)C2CCC3[C@H](C)CC)C[C@H]1O.C=C1[C@H](O)CC(=C/C=C2\CCC[C@]3(C)C([C@H](C)CCC[C@H](C)O)CC[C@@H]23)C[C@H]1O. The van der Waals surface area contributed by atoms with Crippen molar-refractivity contribution < 1.29 is 56.2 Å². The van der Waals surface area contributed by atoms with Crippen LogP contribution in [-0.2, 0) is 0 Å². The van der Waals surface area contributed by atoms with Crippen LogP contribution in [0.5, 0.6) is 0 Å². The maximum absolute atomic E-state index is 10.1. The topological polar surface area (TPSA) is 223 Å². The average molecular weight is 1750 g/mol. The molecular weight excluding hydrogens is 1570 g/mol. The van der Waals surface area contributed by atoms with Gasteiger partial charge in [-0.25, -0.2) is 0 Å². The summed E-state index contributed by atoms with van der Waals surface area (Å²) < 4.78 is 0. The molecule has 0 spiro atoms. The lowest BCUT2D eigenvalue weighted by molar-refractivity contribution is 0.0907. The van der Waals surface area contributed by atoms with E-state index in [1.807, 2.05) is 6.92 Å². The van der Waals surface area contributed by atoms with Crippen molar-refractivity contribution in [3.8, 4) is 0 Å². The zero-order chi connectivity index (χ0) is 92.4. The molecule has 0 bridgehead atoms. The third kappa shape index (κ3) is 24.0. The highest BCUT2D eigenvalue weighted by atomic mass is 16.3. The molecule has 0 radical (unpaired) electrons. The number of fused-ring (bicyclic) bond motifs is 5. The minimum Gasteiger partial charge on any atom is -0.393 e. The predicted octanol–water partition coefficient (Wildman–Crippen LogP) is 25.4. The number of allylic oxidation sites excluding steroid dienone is 15. The third-order valence-electron chi connectivity index (χ3n) is 37.8. The van der Waals surface area contributed by atoms with Gasteiger partial charge < -0.3 is 56.2 Å². The summed E-state index contributed by atoms with van der Waals surface area (Å²) in [6.07, 6.45) is 64.0. The molecule has 11 heteroatoms. The Hall–Kier alpha value is -4.34. The molecule has 11 unspecified atom stereocenters. The molecule has 0 aromatic rings. The smallest absolute Gasteiger partial charge is 0.0809 e. The van der Waals surface area contributed by atoms with Gasteiger partial charge in [-0.05, 0) is 376 Å². The molecule has 11 N–H and O–H groups in total. The first-order valence-electron chi connectivity index (χ1n) is 52.1. The van der Waals surface area contributed by atoms with Crippen LogP contribution in [0.1, 0.15) is 367 Å². The zero-order valence-corrected chi connectivity index (χ0v) is 82.4. The van der Waals surface area contributed by atoms with Gasteiger partial charge in [0.1, 0.15) is 0 Å². The third-order valence-corrected chi connectivity index (χ3v) is 37.8. The first-order valence-corrected chi connectivity index (χ1v) is 52.1. The van der Waals surface area contributed by atoms with E-state index in [4.69, 9.17) is 0 Å². The number of aliphatic hydroxyl groups is 11. The van der Waals surface area contributed by atoms with Gasteiger partial charge in [-0.3, -0.25) is 0 Å². The first-order chi connectivity index (χ1) is 60.2. The maximum atomic E-state index is 10.1. The first kappa shape index (κ1) is 103. The van der Waals surface area contributed by atoms with Crippen LogP contribution < -0.4 is 0 Å². The van der Waals surface area contributed by atoms with Crippen molar-refractivity contribution in [3.63, 3.8) is 0 Å². The molecule has 0 aromatic carbocycles. The van der Waals surface area contributed by atoms with Gasteiger partial charge in [-0.15, -0.1) is 0 Å². The van der Waals surface area contributed by atoms with Gasteiger partial charge in [0.2, 0.25) is 0 Å². The Morgan fingerprint density at radius 2 is 0.535 bits per heavy atom. The highest BCUT2D eigenvalue weighted by Crippen LogP contribution is 2.65. The Balaban J connectivity index is 0.000000154. The monoisotopic (exact) mass is 1750 g/mol. The lowest BCUT2D eigenvalue weighted by Gasteiger charge is -2.44. The molecule has 15 aliphatic carbocycles. The van der Waals surface area contributed by atoms with Crippen molar-refractivity contribution in [1.29, 1.82) is 0 Å². The molecule has 0 heterocycles. The number of aliphatic hydroxyl groups excluding tert-OH is 11. The second-order valence-electron chi connectivity index (χ2n) is 46.0. The quantitative estimate of drug-likeness (QED) is 0.0615. The molecule has 15 fully saturated rings. The summed E-state index contributed by atoms with van der Waals surface area (Å²) in [6, 6.07) is 0. The van der Waals surface area contributed by atoms with Crippen LogP contribution >= 0.6 is 0 Å². The van der Waals surface area contributed by atoms with Crippen molar-refractivity contribution in [3.05, 3.63) is 177 Å². The fourth-order valence-electron chi connectivity index (χ4n) is 30.0. The highest BCUT2D eigenvalue weighted by Gasteiger charge is 2.55. The molecule has 127 heavy (non-hydrogen) atoms. The van der Waals surface area contributed by atoms with Crippen LogP contribution in [0.3, 0.4) is 0 Å². The fraction of sp³-hybridized carbons (Fsp3) is 0.741. The van der Waals surface area contributed by atoms with Crippen LogP contribution in [0.25, 0.3) is 0 Å². The summed E-state index contributed by atoms with van der Waals surface area (Å²) in [5, 5.41) is 110. The standard InChI is InChI=1S/C26H42O3.C24H38O2.C23H36O2.C22H34O2.C21H32O2/c1-17(7-5-8-18(2)27)22-12-13-23-21(9-6-14-26(22,23)4)11-10-20-15-24(28)19(3)25(29)16-20;1-5-7-16(2)20-11-12-21-19(8-6-13-24(20,21)4)10-9-18-14-22(25)17(3)23(26)15-18;1-5-15(2)19-10-11-20-18(7-6-12-23(19,20)4)9-8-17-13-21(24)16(3)22(25)14-17;1-14(2)18-9-10-19-17(6-5-11-22(18,19)4)8-7-16-12-20(23)15(3)21(24)13-16;1-4-17-9-10-18-16(6-5-11-21(17,18)3)8-7-15-12-19(22)14(2)20(23)13-15/h10-11,17-18,22-25,27-29H,3,5-9,12-16H2,1-2,4H3;9-10,16,20-23,25-26H,3,5-8,11-15H2,1-2,4H3;8-9,15,19-22,24-25H,3,5-7,10-14H2,1-2,4H3;7-8,14,18-21,23-24H,3,5-6,9-13H2,1-2,4H3;7-8,17-20,22-23H,2,4-6,9-13H2,1,3H3/b21-11+;19-10+;18-9+;17-8+;16-8+/t17-,18+,22?,23+,24-,25-,26-;16-,20?,21?,22+,23+,24+;15-,19?,20?,21-,22-,23-;18?,19?,20-,21-,22?;17?,18?,19-,20-,21?/m10111/s1. The molecule has 15 aliphatic rings. The number of hydrogen-bond donors (Lipinski definition) is 11. The summed E-state index contributed by atoms with van der Waals surface area (Å²) in [6.45, 7) is 52.7. The minimum atomic E-state index is -0.613. The van der Waals surface area contributed by atoms with E-state index in [9.17, 15) is 56.2 Å². The highest BCUT2D eigenvalue weighted by molar-refractivity contribution is 5.36. The number of hydrogen-bond acceptors (Lipinski definition) is 11. The summed E-state index contributed by atoms with van der Waals surface area (Å²) in [4.78, 5) is 0. The molecule has 11 nitrogen and oxygen atoms in total. The van der Waals surface area contributed by atoms with Gasteiger partial charge >= 0.3 is 0 Å². The Bertz CT molecular complexity index is 4000. The van der Waals surface area contributed by atoms with Gasteiger partial charge in [0.25, 0.3) is 0 Å². The molecule has 0 aliphatic heterocycles. The fourth-order valence-corrected chi connectivity index (χ4v) is 30.0. The van der Waals surface area contributed by atoms with E-state index >= 15 is 0 Å². The lowest BCUT2D eigenvalue weighted by Crippen LogP contribution is -2.36. The molecule has 712 valence electrons. The second-order valence-corrected chi connectivity index (χ2v) is 46.0. The van der Waals surface area contributed by atoms with E-state index in [2.05, 4.69) is 184 Å². The molecule has 0 saturated heterocycles. The molecule has 0 amide bonds. The Kier molecular flexibility index (Phi) is 36.8. The minimum absolute atomic E-state index is 0.180. The predicted molar refractivity (Wildman–Crippen MR) is 527 cm³/mol. The molecular formula is C116H182O11. The van der Waals surface area contributed by atoms with Gasteiger partial charge in [0.15, 0.2) is 0 Å². The average Bonchev–Trinajstić information content (AvgIpc) is 1.63. The summed E-state index contributed by atoms with van der Waals surface area (Å²) in [5.74, 6) is 11.0. The molecule has 15 saturated carbocycles. The molecule has 29 atom stereocenters. The van der Waals surface area contributed by atoms with E-state index in [1.54, 1.807) is 27.9 Å². The van der Waals surface area contributed by atoms with Gasteiger partial charge in [0, 0.05) is 0 Å². The van der Waals surface area contributed by atoms with Crippen molar-refractivity contribution in [2.24, 2.45) is 110 Å². The largest absolute Gasteiger partial charge is 0.393 e. The number of rotatable bonds is 17. The lowest BCUT2D eigenvalue weighted by atomic mass is 9.60. The van der Waals surface area contributed by atoms with Crippen molar-refractivity contribution >= 4 is 0 Å². The van der Waals surface area contributed by atoms with Crippen LogP contribution in [0, 0.1) is 110 Å². The van der Waals surface area contributed by atoms with Gasteiger partial charge in [-0.2, -0.15) is 0 Å². The van der Waals surface area contributed by atoms with Crippen LogP contribution in [0.4, 0.5) is 0 Å². The van der Waals surface area contributed by atoms with Crippen molar-refractivity contribution in [2.75, 3.05) is 0 Å². The van der Waals surface area contributed by atoms with Crippen LogP contribution in [-0.4, -0.2) is 123 Å². The van der Waals surface area contributed by atoms with Gasteiger partial charge in [-0.1, -0.05) is 278 Å². The second kappa shape index (κ2) is 45.3. The van der Waals surface area contributed by atoms with E-state index in [-0.39, 0.29) is 6.10 Å². The van der Waals surface area contributed by atoms with Crippen molar-refractivity contribution in [2.45, 2.75) is 434 Å². The van der Waals surface area contributed by atoms with Crippen LogP contribution in [0.2, 0.25) is 0 Å². The van der Waals surface area contributed by atoms with Gasteiger partial charge in [0.05, 0.1) is 67.1 Å². The Morgan fingerprint density at radius 1 is 0.299 bits per heavy atom. The Labute approximate surface area is 772 Å². The van der Waals surface area contributed by atoms with E-state index < -0.39 is 61.0 Å². The molecule has 0 aromatic heterocycles. The van der Waals surface area contributed by atoms with Crippen molar-refractivity contribution in [1.82, 2.24) is 0 Å². The zero-order valence-electron chi connectivity index (χ0n) is 82.4. The van der Waals surface area contributed by atoms with Crippen LogP contribution in [0.15, 0.2) is 177 Å².